The van der Waals surface area contributed by atoms with E-state index in [0.29, 0.717) is 13.2 Å². The zero-order valence-corrected chi connectivity index (χ0v) is 11.4. The third-order valence-electron chi connectivity index (χ3n) is 3.20. The lowest BCUT2D eigenvalue weighted by atomic mass is 10.2. The van der Waals surface area contributed by atoms with Gasteiger partial charge in [-0.15, -0.1) is 0 Å². The van der Waals surface area contributed by atoms with Crippen molar-refractivity contribution in [2.45, 2.75) is 6.54 Å². The standard InChI is InChI=1S/C16H17NO3/c1-18-14-5-2-12(3-6-14)11-17-13-4-7-15-16(10-13)20-9-8-19-15/h2-7,10,17H,8-9,11H2,1H3. The molecule has 0 fully saturated rings. The molecule has 0 saturated carbocycles. The van der Waals surface area contributed by atoms with Crippen LogP contribution in [-0.4, -0.2) is 20.3 Å². The van der Waals surface area contributed by atoms with Crippen LogP contribution in [0.5, 0.6) is 17.2 Å². The highest BCUT2D eigenvalue weighted by molar-refractivity contribution is 5.55. The Morgan fingerprint density at radius 3 is 2.50 bits per heavy atom. The Kier molecular flexibility index (Phi) is 3.63. The minimum absolute atomic E-state index is 0.606. The fourth-order valence-electron chi connectivity index (χ4n) is 2.10. The topological polar surface area (TPSA) is 39.7 Å². The van der Waals surface area contributed by atoms with Gasteiger partial charge < -0.3 is 19.5 Å². The average Bonchev–Trinajstić information content (AvgIpc) is 2.53. The summed E-state index contributed by atoms with van der Waals surface area (Å²) in [7, 11) is 1.67. The summed E-state index contributed by atoms with van der Waals surface area (Å²) >= 11 is 0. The quantitative estimate of drug-likeness (QED) is 0.927. The molecule has 0 aromatic heterocycles. The number of methoxy groups -OCH3 is 1. The highest BCUT2D eigenvalue weighted by atomic mass is 16.6. The first-order valence-electron chi connectivity index (χ1n) is 6.61. The van der Waals surface area contributed by atoms with Gasteiger partial charge in [0.15, 0.2) is 11.5 Å². The maximum atomic E-state index is 5.56. The lowest BCUT2D eigenvalue weighted by Gasteiger charge is -2.19. The zero-order valence-electron chi connectivity index (χ0n) is 11.4. The van der Waals surface area contributed by atoms with Crippen LogP contribution in [0.25, 0.3) is 0 Å². The number of rotatable bonds is 4. The number of nitrogens with one attached hydrogen (secondary N) is 1. The lowest BCUT2D eigenvalue weighted by molar-refractivity contribution is 0.171. The van der Waals surface area contributed by atoms with Crippen molar-refractivity contribution in [3.8, 4) is 17.2 Å². The second kappa shape index (κ2) is 5.74. The summed E-state index contributed by atoms with van der Waals surface area (Å²) in [6.45, 7) is 1.98. The molecule has 3 rings (SSSR count). The van der Waals surface area contributed by atoms with Crippen LogP contribution in [0.1, 0.15) is 5.56 Å². The van der Waals surface area contributed by atoms with Crippen LogP contribution in [0.2, 0.25) is 0 Å². The van der Waals surface area contributed by atoms with Gasteiger partial charge in [-0.1, -0.05) is 12.1 Å². The summed E-state index contributed by atoms with van der Waals surface area (Å²) in [5.41, 5.74) is 2.21. The fraction of sp³-hybridized carbons (Fsp3) is 0.250. The maximum Gasteiger partial charge on any atom is 0.163 e. The van der Waals surface area contributed by atoms with E-state index < -0.39 is 0 Å². The molecule has 2 aromatic carbocycles. The molecule has 0 spiro atoms. The number of fused-ring (bicyclic) bond motifs is 1. The van der Waals surface area contributed by atoms with Crippen molar-refractivity contribution in [2.24, 2.45) is 0 Å². The SMILES string of the molecule is COc1ccc(CNc2ccc3c(c2)OCCO3)cc1. The molecule has 0 amide bonds. The monoisotopic (exact) mass is 271 g/mol. The highest BCUT2D eigenvalue weighted by Crippen LogP contribution is 2.32. The molecule has 0 aliphatic carbocycles. The molecular weight excluding hydrogens is 254 g/mol. The first-order valence-corrected chi connectivity index (χ1v) is 6.61. The molecule has 0 unspecified atom stereocenters. The molecule has 104 valence electrons. The van der Waals surface area contributed by atoms with Gasteiger partial charge in [-0.2, -0.15) is 0 Å². The van der Waals surface area contributed by atoms with Gasteiger partial charge in [0.25, 0.3) is 0 Å². The van der Waals surface area contributed by atoms with Crippen LogP contribution in [0.3, 0.4) is 0 Å². The summed E-state index contributed by atoms with van der Waals surface area (Å²) in [6, 6.07) is 13.9. The minimum Gasteiger partial charge on any atom is -0.497 e. The zero-order chi connectivity index (χ0) is 13.8. The van der Waals surface area contributed by atoms with Gasteiger partial charge in [-0.3, -0.25) is 0 Å². The largest absolute Gasteiger partial charge is 0.497 e. The van der Waals surface area contributed by atoms with Crippen LogP contribution in [-0.2, 0) is 6.54 Å². The number of anilines is 1. The molecule has 4 heteroatoms. The van der Waals surface area contributed by atoms with E-state index >= 15 is 0 Å². The summed E-state index contributed by atoms with van der Waals surface area (Å²) in [5, 5.41) is 3.37. The van der Waals surface area contributed by atoms with Gasteiger partial charge >= 0.3 is 0 Å². The Hall–Kier alpha value is -2.36. The van der Waals surface area contributed by atoms with E-state index in [1.54, 1.807) is 7.11 Å². The van der Waals surface area contributed by atoms with E-state index in [-0.39, 0.29) is 0 Å². The summed E-state index contributed by atoms with van der Waals surface area (Å²) in [4.78, 5) is 0. The van der Waals surface area contributed by atoms with Crippen LogP contribution < -0.4 is 19.5 Å². The predicted molar refractivity (Wildman–Crippen MR) is 77.8 cm³/mol. The molecule has 1 aliphatic rings. The first-order chi connectivity index (χ1) is 9.85. The van der Waals surface area contributed by atoms with Crippen LogP contribution in [0.15, 0.2) is 42.5 Å². The normalized spacial score (nSPS) is 12.8. The molecule has 1 aliphatic heterocycles. The van der Waals surface area contributed by atoms with Gasteiger partial charge in [-0.25, -0.2) is 0 Å². The molecule has 0 radical (unpaired) electrons. The second-order valence-corrected chi connectivity index (χ2v) is 4.56. The Morgan fingerprint density at radius 2 is 1.75 bits per heavy atom. The molecular formula is C16H17NO3. The molecule has 0 bridgehead atoms. The van der Waals surface area contributed by atoms with E-state index in [0.717, 1.165) is 29.5 Å². The lowest BCUT2D eigenvalue weighted by Crippen LogP contribution is -2.15. The highest BCUT2D eigenvalue weighted by Gasteiger charge is 2.11. The van der Waals surface area contributed by atoms with E-state index in [1.807, 2.05) is 42.5 Å². The van der Waals surface area contributed by atoms with Gasteiger partial charge in [0.1, 0.15) is 19.0 Å². The van der Waals surface area contributed by atoms with Crippen molar-refractivity contribution in [2.75, 3.05) is 25.6 Å². The van der Waals surface area contributed by atoms with E-state index in [4.69, 9.17) is 14.2 Å². The Balaban J connectivity index is 1.65. The first kappa shape index (κ1) is 12.7. The van der Waals surface area contributed by atoms with Crippen LogP contribution >= 0.6 is 0 Å². The summed E-state index contributed by atoms with van der Waals surface area (Å²) in [5.74, 6) is 2.48. The fourth-order valence-corrected chi connectivity index (χ4v) is 2.10. The molecule has 20 heavy (non-hydrogen) atoms. The van der Waals surface area contributed by atoms with Crippen molar-refractivity contribution in [1.82, 2.24) is 0 Å². The summed E-state index contributed by atoms with van der Waals surface area (Å²) in [6.07, 6.45) is 0. The Labute approximate surface area is 118 Å². The van der Waals surface area contributed by atoms with E-state index in [1.165, 1.54) is 5.56 Å². The van der Waals surface area contributed by atoms with E-state index in [9.17, 15) is 0 Å². The van der Waals surface area contributed by atoms with Crippen LogP contribution in [0, 0.1) is 0 Å². The van der Waals surface area contributed by atoms with Crippen LogP contribution in [0.4, 0.5) is 5.69 Å². The minimum atomic E-state index is 0.606. The molecule has 4 nitrogen and oxygen atoms in total. The smallest absolute Gasteiger partial charge is 0.163 e. The molecule has 0 saturated heterocycles. The third kappa shape index (κ3) is 2.79. The van der Waals surface area contributed by atoms with E-state index in [2.05, 4.69) is 5.32 Å². The van der Waals surface area contributed by atoms with Gasteiger partial charge in [-0.05, 0) is 29.8 Å². The number of hydrogen-bond donors (Lipinski definition) is 1. The Morgan fingerprint density at radius 1 is 1.00 bits per heavy atom. The van der Waals surface area contributed by atoms with Crippen molar-refractivity contribution < 1.29 is 14.2 Å². The van der Waals surface area contributed by atoms with Crippen molar-refractivity contribution in [3.63, 3.8) is 0 Å². The van der Waals surface area contributed by atoms with Crippen molar-refractivity contribution in [1.29, 1.82) is 0 Å². The van der Waals surface area contributed by atoms with Gasteiger partial charge in [0.05, 0.1) is 7.11 Å². The number of benzene rings is 2. The molecule has 2 aromatic rings. The second-order valence-electron chi connectivity index (χ2n) is 4.56. The average molecular weight is 271 g/mol. The van der Waals surface area contributed by atoms with Crippen molar-refractivity contribution >= 4 is 5.69 Å². The maximum absolute atomic E-state index is 5.56. The number of hydrogen-bond acceptors (Lipinski definition) is 4. The predicted octanol–water partition coefficient (Wildman–Crippen LogP) is 3.08. The van der Waals surface area contributed by atoms with Gasteiger partial charge in [0, 0.05) is 18.3 Å². The Bertz CT molecular complexity index is 581. The molecule has 1 N–H and O–H groups in total. The van der Waals surface area contributed by atoms with Crippen molar-refractivity contribution in [3.05, 3.63) is 48.0 Å². The summed E-state index contributed by atoms with van der Waals surface area (Å²) < 4.78 is 16.2. The molecule has 1 heterocycles. The third-order valence-corrected chi connectivity index (χ3v) is 3.20. The molecule has 0 atom stereocenters. The number of ether oxygens (including phenoxy) is 3. The van der Waals surface area contributed by atoms with Gasteiger partial charge in [0.2, 0.25) is 0 Å².